The lowest BCUT2D eigenvalue weighted by molar-refractivity contribution is -0.00530. The highest BCUT2D eigenvalue weighted by Gasteiger charge is 2.18. The van der Waals surface area contributed by atoms with Crippen molar-refractivity contribution in [3.63, 3.8) is 0 Å². The van der Waals surface area contributed by atoms with Gasteiger partial charge >= 0.3 is 0 Å². The number of hydrogen-bond donors (Lipinski definition) is 1. The fourth-order valence-electron chi connectivity index (χ4n) is 1.95. The monoisotopic (exact) mass is 205 g/mol. The van der Waals surface area contributed by atoms with E-state index in [0.29, 0.717) is 12.0 Å². The summed E-state index contributed by atoms with van der Waals surface area (Å²) in [4.78, 5) is 0. The van der Waals surface area contributed by atoms with Crippen molar-refractivity contribution in [3.05, 3.63) is 35.4 Å². The van der Waals surface area contributed by atoms with Crippen LogP contribution in [0.2, 0.25) is 0 Å². The Morgan fingerprint density at radius 3 is 2.73 bits per heavy atom. The van der Waals surface area contributed by atoms with Crippen molar-refractivity contribution >= 4 is 0 Å². The molecule has 0 radical (unpaired) electrons. The van der Waals surface area contributed by atoms with Gasteiger partial charge in [0.25, 0.3) is 0 Å². The Kier molecular flexibility index (Phi) is 3.39. The normalized spacial score (nSPS) is 18.5. The van der Waals surface area contributed by atoms with Gasteiger partial charge in [-0.05, 0) is 24.0 Å². The molecular weight excluding hydrogens is 186 g/mol. The van der Waals surface area contributed by atoms with E-state index in [1.165, 1.54) is 11.1 Å². The van der Waals surface area contributed by atoms with Gasteiger partial charge in [-0.15, -0.1) is 0 Å². The average molecular weight is 205 g/mol. The van der Waals surface area contributed by atoms with Crippen LogP contribution < -0.4 is 5.32 Å². The van der Waals surface area contributed by atoms with E-state index in [9.17, 15) is 0 Å². The van der Waals surface area contributed by atoms with Crippen LogP contribution in [-0.4, -0.2) is 25.8 Å². The van der Waals surface area contributed by atoms with Crippen LogP contribution in [0, 0.1) is 6.92 Å². The molecule has 1 N–H and O–H groups in total. The Morgan fingerprint density at radius 2 is 2.13 bits per heavy atom. The second-order valence-electron chi connectivity index (χ2n) is 4.40. The molecule has 1 aliphatic rings. The molecule has 0 aromatic heterocycles. The minimum Gasteiger partial charge on any atom is -0.378 e. The fourth-order valence-corrected chi connectivity index (χ4v) is 1.95. The molecule has 0 spiro atoms. The van der Waals surface area contributed by atoms with Gasteiger partial charge in [-0.1, -0.05) is 31.2 Å². The molecule has 82 valence electrons. The van der Waals surface area contributed by atoms with Gasteiger partial charge in [-0.2, -0.15) is 0 Å². The third-order valence-electron chi connectivity index (χ3n) is 3.07. The summed E-state index contributed by atoms with van der Waals surface area (Å²) in [6, 6.07) is 9.19. The van der Waals surface area contributed by atoms with Gasteiger partial charge in [-0.3, -0.25) is 0 Å². The molecule has 2 nitrogen and oxygen atoms in total. The molecule has 1 heterocycles. The first-order valence-electron chi connectivity index (χ1n) is 5.64. The summed E-state index contributed by atoms with van der Waals surface area (Å²) >= 11 is 0. The van der Waals surface area contributed by atoms with Gasteiger partial charge in [0.05, 0.1) is 19.3 Å². The molecule has 2 heteroatoms. The summed E-state index contributed by atoms with van der Waals surface area (Å²) in [6.07, 6.45) is 0. The summed E-state index contributed by atoms with van der Waals surface area (Å²) in [7, 11) is 0. The average Bonchev–Trinajstić information content (AvgIpc) is 2.16. The van der Waals surface area contributed by atoms with E-state index >= 15 is 0 Å². The molecule has 0 amide bonds. The highest BCUT2D eigenvalue weighted by molar-refractivity contribution is 5.28. The minimum absolute atomic E-state index is 0.576. The lowest BCUT2D eigenvalue weighted by Gasteiger charge is -2.28. The summed E-state index contributed by atoms with van der Waals surface area (Å²) in [5.74, 6) is 0.576. The molecule has 1 aromatic rings. The number of hydrogen-bond acceptors (Lipinski definition) is 2. The second kappa shape index (κ2) is 4.77. The standard InChI is InChI=1S/C13H19NO/c1-10-5-3-4-6-13(10)11(2)7-14-12-8-15-9-12/h3-6,11-12,14H,7-9H2,1-2H3. The van der Waals surface area contributed by atoms with Crippen molar-refractivity contribution in [2.24, 2.45) is 0 Å². The van der Waals surface area contributed by atoms with E-state index in [2.05, 4.69) is 43.4 Å². The van der Waals surface area contributed by atoms with Crippen molar-refractivity contribution in [1.82, 2.24) is 5.32 Å². The summed E-state index contributed by atoms with van der Waals surface area (Å²) < 4.78 is 5.13. The Labute approximate surface area is 91.6 Å². The molecule has 1 aliphatic heterocycles. The number of rotatable bonds is 4. The van der Waals surface area contributed by atoms with Gasteiger partial charge in [-0.25, -0.2) is 0 Å². The summed E-state index contributed by atoms with van der Waals surface area (Å²) in [5, 5.41) is 3.52. The SMILES string of the molecule is Cc1ccccc1C(C)CNC1COC1. The first kappa shape index (κ1) is 10.7. The van der Waals surface area contributed by atoms with Crippen LogP contribution in [0.15, 0.2) is 24.3 Å². The van der Waals surface area contributed by atoms with Crippen LogP contribution in [0.1, 0.15) is 24.0 Å². The van der Waals surface area contributed by atoms with Gasteiger partial charge in [0.1, 0.15) is 0 Å². The number of nitrogens with one attached hydrogen (secondary N) is 1. The van der Waals surface area contributed by atoms with Crippen LogP contribution in [0.25, 0.3) is 0 Å². The predicted molar refractivity (Wildman–Crippen MR) is 62.2 cm³/mol. The zero-order chi connectivity index (χ0) is 10.7. The van der Waals surface area contributed by atoms with Crippen LogP contribution in [-0.2, 0) is 4.74 Å². The van der Waals surface area contributed by atoms with Gasteiger partial charge in [0, 0.05) is 6.54 Å². The maximum atomic E-state index is 5.13. The third kappa shape index (κ3) is 2.58. The summed E-state index contributed by atoms with van der Waals surface area (Å²) in [6.45, 7) is 7.24. The zero-order valence-electron chi connectivity index (χ0n) is 9.49. The van der Waals surface area contributed by atoms with Crippen LogP contribution >= 0.6 is 0 Å². The molecule has 1 aromatic carbocycles. The maximum absolute atomic E-state index is 5.13. The minimum atomic E-state index is 0.576. The Balaban J connectivity index is 1.89. The van der Waals surface area contributed by atoms with Crippen molar-refractivity contribution < 1.29 is 4.74 Å². The fraction of sp³-hybridized carbons (Fsp3) is 0.538. The van der Waals surface area contributed by atoms with E-state index in [-0.39, 0.29) is 0 Å². The highest BCUT2D eigenvalue weighted by atomic mass is 16.5. The number of aryl methyl sites for hydroxylation is 1. The quantitative estimate of drug-likeness (QED) is 0.812. The largest absolute Gasteiger partial charge is 0.378 e. The van der Waals surface area contributed by atoms with Crippen LogP contribution in [0.4, 0.5) is 0 Å². The Hall–Kier alpha value is -0.860. The van der Waals surface area contributed by atoms with Gasteiger partial charge < -0.3 is 10.1 Å². The van der Waals surface area contributed by atoms with E-state index in [1.54, 1.807) is 0 Å². The molecule has 1 atom stereocenters. The smallest absolute Gasteiger partial charge is 0.0643 e. The maximum Gasteiger partial charge on any atom is 0.0643 e. The lowest BCUT2D eigenvalue weighted by atomic mass is 9.96. The molecule has 0 saturated carbocycles. The first-order valence-corrected chi connectivity index (χ1v) is 5.64. The van der Waals surface area contributed by atoms with E-state index in [0.717, 1.165) is 19.8 Å². The third-order valence-corrected chi connectivity index (χ3v) is 3.07. The lowest BCUT2D eigenvalue weighted by Crippen LogP contribution is -2.47. The molecular formula is C13H19NO. The molecule has 0 bridgehead atoms. The molecule has 15 heavy (non-hydrogen) atoms. The zero-order valence-corrected chi connectivity index (χ0v) is 9.49. The van der Waals surface area contributed by atoms with Gasteiger partial charge in [0.2, 0.25) is 0 Å². The van der Waals surface area contributed by atoms with E-state index < -0.39 is 0 Å². The summed E-state index contributed by atoms with van der Waals surface area (Å²) in [5.41, 5.74) is 2.84. The molecule has 2 rings (SSSR count). The number of benzene rings is 1. The second-order valence-corrected chi connectivity index (χ2v) is 4.40. The van der Waals surface area contributed by atoms with Crippen molar-refractivity contribution in [2.75, 3.05) is 19.8 Å². The van der Waals surface area contributed by atoms with Crippen LogP contribution in [0.3, 0.4) is 0 Å². The molecule has 1 saturated heterocycles. The number of ether oxygens (including phenoxy) is 1. The molecule has 1 unspecified atom stereocenters. The topological polar surface area (TPSA) is 21.3 Å². The first-order chi connectivity index (χ1) is 7.27. The van der Waals surface area contributed by atoms with Crippen LogP contribution in [0.5, 0.6) is 0 Å². The Bertz CT molecular complexity index is 320. The Morgan fingerprint density at radius 1 is 1.40 bits per heavy atom. The molecule has 0 aliphatic carbocycles. The van der Waals surface area contributed by atoms with Crippen molar-refractivity contribution in [1.29, 1.82) is 0 Å². The van der Waals surface area contributed by atoms with Crippen molar-refractivity contribution in [2.45, 2.75) is 25.8 Å². The van der Waals surface area contributed by atoms with E-state index in [4.69, 9.17) is 4.74 Å². The molecule has 1 fully saturated rings. The van der Waals surface area contributed by atoms with Gasteiger partial charge in [0.15, 0.2) is 0 Å². The van der Waals surface area contributed by atoms with E-state index in [1.807, 2.05) is 0 Å². The highest BCUT2D eigenvalue weighted by Crippen LogP contribution is 2.18. The predicted octanol–water partition coefficient (Wildman–Crippen LogP) is 2.09. The van der Waals surface area contributed by atoms with Crippen molar-refractivity contribution in [3.8, 4) is 0 Å².